The third kappa shape index (κ3) is 1.00. The molecule has 1 atom stereocenters. The summed E-state index contributed by atoms with van der Waals surface area (Å²) in [5, 5.41) is 0. The highest BCUT2D eigenvalue weighted by molar-refractivity contribution is 7.16. The molecule has 11 heavy (non-hydrogen) atoms. The number of ketones is 1. The van der Waals surface area contributed by atoms with Gasteiger partial charge in [0.1, 0.15) is 0 Å². The summed E-state index contributed by atoms with van der Waals surface area (Å²) in [6, 6.07) is 1.59. The first-order chi connectivity index (χ1) is 5.18. The van der Waals surface area contributed by atoms with Crippen LogP contribution in [0.1, 0.15) is 27.7 Å². The SMILES string of the molecule is NC1CC(=O)c2cc(Cl)sc21. The van der Waals surface area contributed by atoms with Crippen molar-refractivity contribution in [1.29, 1.82) is 0 Å². The lowest BCUT2D eigenvalue weighted by molar-refractivity contribution is 0.0989. The van der Waals surface area contributed by atoms with Gasteiger partial charge < -0.3 is 5.73 Å². The standard InChI is InChI=1S/C7H6ClNOS/c8-6-1-3-5(10)2-4(9)7(3)11-6/h1,4H,2,9H2. The topological polar surface area (TPSA) is 43.1 Å². The molecule has 4 heteroatoms. The molecule has 0 saturated carbocycles. The minimum Gasteiger partial charge on any atom is -0.323 e. The second-order valence-electron chi connectivity index (χ2n) is 2.56. The van der Waals surface area contributed by atoms with E-state index in [1.165, 1.54) is 11.3 Å². The second-order valence-corrected chi connectivity index (χ2v) is 4.28. The summed E-state index contributed by atoms with van der Waals surface area (Å²) in [6.45, 7) is 0. The minimum atomic E-state index is -0.116. The van der Waals surface area contributed by atoms with Crippen LogP contribution in [0.3, 0.4) is 0 Å². The fourth-order valence-corrected chi connectivity index (χ4v) is 2.53. The van der Waals surface area contributed by atoms with Crippen LogP contribution in [0.5, 0.6) is 0 Å². The van der Waals surface area contributed by atoms with Crippen molar-refractivity contribution >= 4 is 28.7 Å². The molecule has 2 nitrogen and oxygen atoms in total. The maximum Gasteiger partial charge on any atom is 0.166 e. The second kappa shape index (κ2) is 2.30. The third-order valence-electron chi connectivity index (χ3n) is 1.77. The number of rotatable bonds is 0. The summed E-state index contributed by atoms with van der Waals surface area (Å²) in [5.41, 5.74) is 6.41. The van der Waals surface area contributed by atoms with E-state index in [0.29, 0.717) is 10.8 Å². The Labute approximate surface area is 73.0 Å². The molecule has 0 amide bonds. The summed E-state index contributed by atoms with van der Waals surface area (Å²) in [5.74, 6) is 0.121. The molecule has 1 unspecified atom stereocenters. The van der Waals surface area contributed by atoms with Crippen LogP contribution in [0.25, 0.3) is 0 Å². The van der Waals surface area contributed by atoms with Crippen molar-refractivity contribution in [2.75, 3.05) is 0 Å². The zero-order valence-corrected chi connectivity index (χ0v) is 7.21. The van der Waals surface area contributed by atoms with E-state index in [4.69, 9.17) is 17.3 Å². The fourth-order valence-electron chi connectivity index (χ4n) is 1.27. The number of fused-ring (bicyclic) bond motifs is 1. The number of hydrogen-bond acceptors (Lipinski definition) is 3. The maximum absolute atomic E-state index is 11.2. The lowest BCUT2D eigenvalue weighted by Gasteiger charge is -1.95. The quantitative estimate of drug-likeness (QED) is 0.675. The van der Waals surface area contributed by atoms with Crippen molar-refractivity contribution in [3.8, 4) is 0 Å². The molecular weight excluding hydrogens is 182 g/mol. The molecular formula is C7H6ClNOS. The molecule has 58 valence electrons. The summed E-state index contributed by atoms with van der Waals surface area (Å²) < 4.78 is 0.651. The molecule has 0 fully saturated rings. The molecule has 0 radical (unpaired) electrons. The summed E-state index contributed by atoms with van der Waals surface area (Å²) in [4.78, 5) is 12.1. The van der Waals surface area contributed by atoms with Crippen molar-refractivity contribution in [3.63, 3.8) is 0 Å². The van der Waals surface area contributed by atoms with Crippen LogP contribution in [-0.2, 0) is 0 Å². The molecule has 0 bridgehead atoms. The molecule has 1 aliphatic carbocycles. The first-order valence-electron chi connectivity index (χ1n) is 3.26. The van der Waals surface area contributed by atoms with Gasteiger partial charge in [0.15, 0.2) is 5.78 Å². The van der Waals surface area contributed by atoms with Gasteiger partial charge in [0.25, 0.3) is 0 Å². The lowest BCUT2D eigenvalue weighted by Crippen LogP contribution is -2.04. The molecule has 2 rings (SSSR count). The average molecular weight is 188 g/mol. The van der Waals surface area contributed by atoms with E-state index in [9.17, 15) is 4.79 Å². The number of carbonyl (C=O) groups excluding carboxylic acids is 1. The molecule has 0 saturated heterocycles. The Hall–Kier alpha value is -0.380. The predicted molar refractivity (Wildman–Crippen MR) is 45.2 cm³/mol. The van der Waals surface area contributed by atoms with Gasteiger partial charge in [-0.3, -0.25) is 4.79 Å². The molecule has 1 aromatic rings. The van der Waals surface area contributed by atoms with Crippen molar-refractivity contribution in [2.45, 2.75) is 12.5 Å². The Balaban J connectivity index is 2.58. The van der Waals surface area contributed by atoms with E-state index < -0.39 is 0 Å². The first kappa shape index (κ1) is 7.28. The van der Waals surface area contributed by atoms with Crippen molar-refractivity contribution in [2.24, 2.45) is 5.73 Å². The van der Waals surface area contributed by atoms with Gasteiger partial charge in [0, 0.05) is 22.9 Å². The van der Waals surface area contributed by atoms with Gasteiger partial charge in [-0.25, -0.2) is 0 Å². The number of thiophene rings is 1. The summed E-state index contributed by atoms with van der Waals surface area (Å²) in [7, 11) is 0. The highest BCUT2D eigenvalue weighted by Crippen LogP contribution is 2.38. The number of carbonyl (C=O) groups is 1. The monoisotopic (exact) mass is 187 g/mol. The Morgan fingerprint density at radius 2 is 2.45 bits per heavy atom. The summed E-state index contributed by atoms with van der Waals surface area (Å²) >= 11 is 7.13. The van der Waals surface area contributed by atoms with E-state index >= 15 is 0 Å². The highest BCUT2D eigenvalue weighted by Gasteiger charge is 2.28. The molecule has 2 N–H and O–H groups in total. The van der Waals surface area contributed by atoms with E-state index in [-0.39, 0.29) is 11.8 Å². The number of nitrogens with two attached hydrogens (primary N) is 1. The maximum atomic E-state index is 11.2. The predicted octanol–water partition coefficient (Wildman–Crippen LogP) is 1.99. The average Bonchev–Trinajstić information content (AvgIpc) is 2.38. The van der Waals surface area contributed by atoms with Crippen LogP contribution in [0.2, 0.25) is 4.34 Å². The largest absolute Gasteiger partial charge is 0.323 e. The first-order valence-corrected chi connectivity index (χ1v) is 4.46. The van der Waals surface area contributed by atoms with Crippen LogP contribution in [0.15, 0.2) is 6.07 Å². The Kier molecular flexibility index (Phi) is 1.52. The van der Waals surface area contributed by atoms with Gasteiger partial charge >= 0.3 is 0 Å². The van der Waals surface area contributed by atoms with Crippen molar-refractivity contribution in [3.05, 3.63) is 20.8 Å². The fraction of sp³-hybridized carbons (Fsp3) is 0.286. The molecule has 1 heterocycles. The number of Topliss-reactive ketones (excluding diaryl/α,β-unsaturated/α-hetero) is 1. The number of halogens is 1. The van der Waals surface area contributed by atoms with Gasteiger partial charge in [-0.15, -0.1) is 11.3 Å². The van der Waals surface area contributed by atoms with E-state index in [0.717, 1.165) is 10.4 Å². The van der Waals surface area contributed by atoms with Gasteiger partial charge in [-0.2, -0.15) is 0 Å². The van der Waals surface area contributed by atoms with Gasteiger partial charge in [0.2, 0.25) is 0 Å². The lowest BCUT2D eigenvalue weighted by atomic mass is 10.2. The van der Waals surface area contributed by atoms with Crippen LogP contribution < -0.4 is 5.73 Å². The van der Waals surface area contributed by atoms with Crippen LogP contribution >= 0.6 is 22.9 Å². The molecule has 1 aliphatic rings. The minimum absolute atomic E-state index is 0.116. The van der Waals surface area contributed by atoms with Gasteiger partial charge in [-0.1, -0.05) is 11.6 Å². The van der Waals surface area contributed by atoms with Gasteiger partial charge in [-0.05, 0) is 6.07 Å². The zero-order valence-electron chi connectivity index (χ0n) is 5.63. The van der Waals surface area contributed by atoms with Crippen LogP contribution in [0.4, 0.5) is 0 Å². The van der Waals surface area contributed by atoms with Crippen LogP contribution in [0, 0.1) is 0 Å². The summed E-state index contributed by atoms with van der Waals surface area (Å²) in [6.07, 6.45) is 0.443. The Morgan fingerprint density at radius 3 is 3.09 bits per heavy atom. The Bertz CT molecular complexity index is 320. The Morgan fingerprint density at radius 1 is 1.73 bits per heavy atom. The van der Waals surface area contributed by atoms with Crippen LogP contribution in [-0.4, -0.2) is 5.78 Å². The van der Waals surface area contributed by atoms with Crippen molar-refractivity contribution in [1.82, 2.24) is 0 Å². The van der Waals surface area contributed by atoms with E-state index in [1.807, 2.05) is 0 Å². The van der Waals surface area contributed by atoms with Crippen molar-refractivity contribution < 1.29 is 4.79 Å². The molecule has 0 spiro atoms. The van der Waals surface area contributed by atoms with Gasteiger partial charge in [0.05, 0.1) is 4.34 Å². The third-order valence-corrected chi connectivity index (χ3v) is 3.17. The molecule has 1 aromatic heterocycles. The normalized spacial score (nSPS) is 22.4. The van der Waals surface area contributed by atoms with E-state index in [1.54, 1.807) is 6.07 Å². The molecule has 0 aliphatic heterocycles. The smallest absolute Gasteiger partial charge is 0.166 e. The number of hydrogen-bond donors (Lipinski definition) is 1. The highest BCUT2D eigenvalue weighted by atomic mass is 35.5. The van der Waals surface area contributed by atoms with E-state index in [2.05, 4.69) is 0 Å². The molecule has 0 aromatic carbocycles. The zero-order chi connectivity index (χ0) is 8.01.